The van der Waals surface area contributed by atoms with Crippen LogP contribution in [-0.2, 0) is 0 Å². The number of thiazole rings is 1. The van der Waals surface area contributed by atoms with Crippen LogP contribution in [-0.4, -0.2) is 35.2 Å². The van der Waals surface area contributed by atoms with Crippen LogP contribution in [0.1, 0.15) is 43.1 Å². The van der Waals surface area contributed by atoms with Crippen LogP contribution in [0.4, 0.5) is 5.13 Å². The van der Waals surface area contributed by atoms with Crippen LogP contribution in [0.3, 0.4) is 0 Å². The van der Waals surface area contributed by atoms with Gasteiger partial charge >= 0.3 is 0 Å². The van der Waals surface area contributed by atoms with E-state index in [1.165, 1.54) is 11.3 Å². The smallest absolute Gasteiger partial charge is 0.271 e. The number of nitrogens with zero attached hydrogens (tertiary/aromatic N) is 1. The topological polar surface area (TPSA) is 74.2 Å². The molecule has 1 heterocycles. The third-order valence-corrected chi connectivity index (χ3v) is 4.30. The van der Waals surface area contributed by atoms with E-state index in [4.69, 9.17) is 5.11 Å². The predicted octanol–water partition coefficient (Wildman–Crippen LogP) is 1.86. The molecule has 0 unspecified atom stereocenters. The quantitative estimate of drug-likeness (QED) is 0.771. The summed E-state index contributed by atoms with van der Waals surface area (Å²) < 4.78 is 0. The fraction of sp³-hybridized carbons (Fsp3) is 0.692. The van der Waals surface area contributed by atoms with Gasteiger partial charge in [0.25, 0.3) is 5.91 Å². The van der Waals surface area contributed by atoms with Crippen molar-refractivity contribution in [1.29, 1.82) is 0 Å². The largest absolute Gasteiger partial charge is 0.396 e. The first-order valence-corrected chi connectivity index (χ1v) is 7.72. The lowest BCUT2D eigenvalue weighted by Gasteiger charge is -2.27. The molecule has 0 bridgehead atoms. The lowest BCUT2D eigenvalue weighted by molar-refractivity contribution is 0.0909. The Hall–Kier alpha value is -1.14. The van der Waals surface area contributed by atoms with Crippen LogP contribution in [0.5, 0.6) is 0 Å². The van der Waals surface area contributed by atoms with Gasteiger partial charge in [0.2, 0.25) is 0 Å². The van der Waals surface area contributed by atoms with Gasteiger partial charge in [0, 0.05) is 24.6 Å². The van der Waals surface area contributed by atoms with Crippen molar-refractivity contribution in [3.63, 3.8) is 0 Å². The van der Waals surface area contributed by atoms with Crippen molar-refractivity contribution in [2.45, 2.75) is 38.6 Å². The summed E-state index contributed by atoms with van der Waals surface area (Å²) in [5, 5.41) is 17.8. The second-order valence-corrected chi connectivity index (χ2v) is 5.80. The molecule has 0 radical (unpaired) electrons. The zero-order valence-corrected chi connectivity index (χ0v) is 12.0. The van der Waals surface area contributed by atoms with Crippen LogP contribution in [0.15, 0.2) is 5.38 Å². The maximum atomic E-state index is 12.0. The lowest BCUT2D eigenvalue weighted by atomic mass is 9.86. The molecule has 1 aliphatic rings. The van der Waals surface area contributed by atoms with Crippen molar-refractivity contribution >= 4 is 22.4 Å². The summed E-state index contributed by atoms with van der Waals surface area (Å²) in [5.41, 5.74) is 0.491. The number of nitrogens with one attached hydrogen (secondary N) is 2. The Morgan fingerprint density at radius 1 is 1.47 bits per heavy atom. The van der Waals surface area contributed by atoms with E-state index in [9.17, 15) is 4.79 Å². The van der Waals surface area contributed by atoms with Crippen molar-refractivity contribution in [3.8, 4) is 0 Å². The first-order chi connectivity index (χ1) is 9.22. The van der Waals surface area contributed by atoms with Crippen molar-refractivity contribution < 1.29 is 9.90 Å². The molecular weight excluding hydrogens is 262 g/mol. The van der Waals surface area contributed by atoms with Gasteiger partial charge in [-0.2, -0.15) is 0 Å². The molecule has 6 heteroatoms. The number of aliphatic hydroxyl groups is 1. The molecule has 1 aromatic heterocycles. The van der Waals surface area contributed by atoms with E-state index < -0.39 is 0 Å². The number of anilines is 1. The number of carbonyl (C=O) groups is 1. The molecule has 106 valence electrons. The predicted molar refractivity (Wildman–Crippen MR) is 76.6 cm³/mol. The molecular formula is C13H21N3O2S. The monoisotopic (exact) mass is 283 g/mol. The minimum absolute atomic E-state index is 0.0900. The average molecular weight is 283 g/mol. The first-order valence-electron chi connectivity index (χ1n) is 6.84. The van der Waals surface area contributed by atoms with Crippen LogP contribution < -0.4 is 10.6 Å². The molecule has 19 heavy (non-hydrogen) atoms. The first kappa shape index (κ1) is 14.3. The molecule has 0 atom stereocenters. The van der Waals surface area contributed by atoms with Gasteiger partial charge in [-0.1, -0.05) is 0 Å². The normalized spacial score (nSPS) is 23.1. The number of rotatable bonds is 5. The Bertz CT molecular complexity index is 414. The van der Waals surface area contributed by atoms with E-state index in [0.717, 1.165) is 37.4 Å². The zero-order valence-electron chi connectivity index (χ0n) is 11.2. The molecule has 2 rings (SSSR count). The minimum atomic E-state index is -0.0900. The zero-order chi connectivity index (χ0) is 13.7. The number of aromatic nitrogens is 1. The maximum absolute atomic E-state index is 12.0. The second-order valence-electron chi connectivity index (χ2n) is 4.94. The fourth-order valence-electron chi connectivity index (χ4n) is 2.36. The van der Waals surface area contributed by atoms with E-state index in [1.54, 1.807) is 5.38 Å². The van der Waals surface area contributed by atoms with Gasteiger partial charge in [-0.15, -0.1) is 11.3 Å². The van der Waals surface area contributed by atoms with Crippen LogP contribution in [0, 0.1) is 5.92 Å². The lowest BCUT2D eigenvalue weighted by Crippen LogP contribution is -2.38. The van der Waals surface area contributed by atoms with Crippen LogP contribution >= 0.6 is 11.3 Å². The third-order valence-electron chi connectivity index (χ3n) is 3.50. The molecule has 5 nitrogen and oxygen atoms in total. The van der Waals surface area contributed by atoms with Gasteiger partial charge in [-0.05, 0) is 38.5 Å². The van der Waals surface area contributed by atoms with E-state index in [1.807, 2.05) is 6.92 Å². The standard InChI is InChI=1S/C13H21N3O2S/c1-2-14-13-16-11(8-19-13)12(18)15-10-5-3-9(7-17)4-6-10/h8-10,17H,2-7H2,1H3,(H,14,16)(H,15,18). The second kappa shape index (κ2) is 6.86. The minimum Gasteiger partial charge on any atom is -0.396 e. The van der Waals surface area contributed by atoms with Gasteiger partial charge in [-0.3, -0.25) is 4.79 Å². The highest BCUT2D eigenvalue weighted by atomic mass is 32.1. The Labute approximate surface area is 117 Å². The molecule has 1 amide bonds. The average Bonchev–Trinajstić information content (AvgIpc) is 2.89. The summed E-state index contributed by atoms with van der Waals surface area (Å²) in [4.78, 5) is 16.3. The Morgan fingerprint density at radius 3 is 2.84 bits per heavy atom. The van der Waals surface area contributed by atoms with Crippen molar-refractivity contribution in [2.75, 3.05) is 18.5 Å². The van der Waals surface area contributed by atoms with Crippen molar-refractivity contribution in [3.05, 3.63) is 11.1 Å². The molecule has 1 aromatic rings. The Balaban J connectivity index is 1.83. The molecule has 3 N–H and O–H groups in total. The summed E-state index contributed by atoms with van der Waals surface area (Å²) in [7, 11) is 0. The molecule has 0 aromatic carbocycles. The summed E-state index contributed by atoms with van der Waals surface area (Å²) in [5.74, 6) is 0.320. The number of amides is 1. The number of hydrogen-bond acceptors (Lipinski definition) is 5. The Morgan fingerprint density at radius 2 is 2.21 bits per heavy atom. The van der Waals surface area contributed by atoms with E-state index >= 15 is 0 Å². The van der Waals surface area contributed by atoms with E-state index in [-0.39, 0.29) is 18.6 Å². The number of hydrogen-bond donors (Lipinski definition) is 3. The van der Waals surface area contributed by atoms with Gasteiger partial charge in [0.15, 0.2) is 5.13 Å². The van der Waals surface area contributed by atoms with Crippen molar-refractivity contribution in [2.24, 2.45) is 5.92 Å². The Kier molecular flexibility index (Phi) is 5.15. The summed E-state index contributed by atoms with van der Waals surface area (Å²) in [6.45, 7) is 3.07. The van der Waals surface area contributed by atoms with Gasteiger partial charge in [0.05, 0.1) is 0 Å². The van der Waals surface area contributed by atoms with E-state index in [0.29, 0.717) is 11.6 Å². The number of carbonyl (C=O) groups excluding carboxylic acids is 1. The molecule has 1 fully saturated rings. The van der Waals surface area contributed by atoms with Crippen LogP contribution in [0.25, 0.3) is 0 Å². The molecule has 0 saturated heterocycles. The van der Waals surface area contributed by atoms with Gasteiger partial charge < -0.3 is 15.7 Å². The molecule has 1 aliphatic carbocycles. The van der Waals surface area contributed by atoms with Gasteiger partial charge in [-0.25, -0.2) is 4.98 Å². The molecule has 0 spiro atoms. The summed E-state index contributed by atoms with van der Waals surface area (Å²) in [6, 6.07) is 0.222. The molecule has 0 aliphatic heterocycles. The molecule has 1 saturated carbocycles. The SMILES string of the molecule is CCNc1nc(C(=O)NC2CCC(CO)CC2)cs1. The highest BCUT2D eigenvalue weighted by molar-refractivity contribution is 7.13. The highest BCUT2D eigenvalue weighted by Crippen LogP contribution is 2.24. The van der Waals surface area contributed by atoms with Crippen LogP contribution in [0.2, 0.25) is 0 Å². The fourth-order valence-corrected chi connectivity index (χ4v) is 3.12. The van der Waals surface area contributed by atoms with Gasteiger partial charge in [0.1, 0.15) is 5.69 Å². The number of aliphatic hydroxyl groups excluding tert-OH is 1. The third kappa shape index (κ3) is 3.91. The highest BCUT2D eigenvalue weighted by Gasteiger charge is 2.22. The summed E-state index contributed by atoms with van der Waals surface area (Å²) in [6.07, 6.45) is 3.87. The summed E-state index contributed by atoms with van der Waals surface area (Å²) >= 11 is 1.45. The van der Waals surface area contributed by atoms with E-state index in [2.05, 4.69) is 15.6 Å². The maximum Gasteiger partial charge on any atom is 0.271 e. The van der Waals surface area contributed by atoms with Crippen molar-refractivity contribution in [1.82, 2.24) is 10.3 Å².